The maximum Gasteiger partial charge on any atom is 0.268 e. The Hall–Kier alpha value is -0.790. The van der Waals surface area contributed by atoms with Crippen LogP contribution in [-0.4, -0.2) is 20.8 Å². The van der Waals surface area contributed by atoms with Gasteiger partial charge in [0.15, 0.2) is 0 Å². The lowest BCUT2D eigenvalue weighted by Gasteiger charge is -1.98. The summed E-state index contributed by atoms with van der Waals surface area (Å²) >= 11 is 0. The minimum absolute atomic E-state index is 0.0149. The predicted molar refractivity (Wildman–Crippen MR) is 48.0 cm³/mol. The highest BCUT2D eigenvalue weighted by Gasteiger charge is 2.07. The number of allylic oxidation sites excluding steroid dienone is 2. The lowest BCUT2D eigenvalue weighted by molar-refractivity contribution is 0.363. The Bertz CT molecular complexity index is 269. The molecular weight excluding hydrogens is 176 g/mol. The first-order chi connectivity index (χ1) is 5.62. The summed E-state index contributed by atoms with van der Waals surface area (Å²) in [5.41, 5.74) is 0. The Morgan fingerprint density at radius 2 is 2.25 bits per heavy atom. The van der Waals surface area contributed by atoms with Gasteiger partial charge in [0.1, 0.15) is 6.61 Å². The van der Waals surface area contributed by atoms with Crippen molar-refractivity contribution in [2.45, 2.75) is 13.3 Å². The zero-order valence-electron chi connectivity index (χ0n) is 6.99. The van der Waals surface area contributed by atoms with E-state index in [1.807, 2.05) is 6.92 Å². The van der Waals surface area contributed by atoms with Crippen molar-refractivity contribution in [3.8, 4) is 12.3 Å². The van der Waals surface area contributed by atoms with E-state index in [1.165, 1.54) is 0 Å². The second-order valence-electron chi connectivity index (χ2n) is 2.09. The van der Waals surface area contributed by atoms with Crippen LogP contribution in [0, 0.1) is 12.3 Å². The fourth-order valence-electron chi connectivity index (χ4n) is 0.562. The molecule has 0 aromatic heterocycles. The molecule has 0 aliphatic carbocycles. The normalized spacial score (nSPS) is 11.7. The molecule has 0 aromatic rings. The topological polar surface area (TPSA) is 43.4 Å². The molecule has 0 aromatic carbocycles. The average molecular weight is 188 g/mol. The van der Waals surface area contributed by atoms with Crippen LogP contribution in [0.2, 0.25) is 0 Å². The number of rotatable bonds is 5. The number of terminal acetylenes is 1. The number of hydrogen-bond acceptors (Lipinski definition) is 3. The summed E-state index contributed by atoms with van der Waals surface area (Å²) in [7, 11) is -3.41. The van der Waals surface area contributed by atoms with E-state index in [9.17, 15) is 8.42 Å². The SMILES string of the molecule is C#CCOS(=O)(=O)CCC=CC. The van der Waals surface area contributed by atoms with E-state index in [0.717, 1.165) is 0 Å². The van der Waals surface area contributed by atoms with Crippen molar-refractivity contribution in [1.82, 2.24) is 0 Å². The van der Waals surface area contributed by atoms with Gasteiger partial charge in [-0.2, -0.15) is 8.42 Å². The van der Waals surface area contributed by atoms with Gasteiger partial charge in [0.2, 0.25) is 0 Å². The molecule has 3 nitrogen and oxygen atoms in total. The summed E-state index contributed by atoms with van der Waals surface area (Å²) < 4.78 is 26.3. The largest absolute Gasteiger partial charge is 0.268 e. The molecule has 0 N–H and O–H groups in total. The average Bonchev–Trinajstić information content (AvgIpc) is 2.01. The highest BCUT2D eigenvalue weighted by Crippen LogP contribution is 1.96. The molecule has 4 heteroatoms. The van der Waals surface area contributed by atoms with Crippen LogP contribution in [-0.2, 0) is 14.3 Å². The first-order valence-corrected chi connectivity index (χ1v) is 5.12. The molecule has 68 valence electrons. The van der Waals surface area contributed by atoms with Crippen LogP contribution in [0.15, 0.2) is 12.2 Å². The Kier molecular flexibility index (Phi) is 5.43. The fraction of sp³-hybridized carbons (Fsp3) is 0.500. The number of hydrogen-bond donors (Lipinski definition) is 0. The summed E-state index contributed by atoms with van der Waals surface area (Å²) in [6, 6.07) is 0. The molecule has 0 atom stereocenters. The van der Waals surface area contributed by atoms with Crippen molar-refractivity contribution in [2.75, 3.05) is 12.4 Å². The van der Waals surface area contributed by atoms with Gasteiger partial charge < -0.3 is 0 Å². The second kappa shape index (κ2) is 5.81. The molecule has 0 bridgehead atoms. The molecule has 0 aliphatic rings. The predicted octanol–water partition coefficient (Wildman–Crippen LogP) is 0.932. The van der Waals surface area contributed by atoms with Gasteiger partial charge in [-0.3, -0.25) is 4.18 Å². The Labute approximate surface area is 73.6 Å². The molecule has 0 spiro atoms. The summed E-state index contributed by atoms with van der Waals surface area (Å²) in [5.74, 6) is 2.08. The van der Waals surface area contributed by atoms with Crippen molar-refractivity contribution in [1.29, 1.82) is 0 Å². The van der Waals surface area contributed by atoms with Crippen molar-refractivity contribution in [2.24, 2.45) is 0 Å². The van der Waals surface area contributed by atoms with Gasteiger partial charge in [-0.15, -0.1) is 6.42 Å². The summed E-state index contributed by atoms with van der Waals surface area (Å²) in [6.45, 7) is 1.65. The smallest absolute Gasteiger partial charge is 0.257 e. The zero-order chi connectivity index (χ0) is 9.45. The quantitative estimate of drug-likeness (QED) is 0.366. The first-order valence-electron chi connectivity index (χ1n) is 3.54. The van der Waals surface area contributed by atoms with Gasteiger partial charge >= 0.3 is 0 Å². The highest BCUT2D eigenvalue weighted by atomic mass is 32.2. The van der Waals surface area contributed by atoms with Crippen molar-refractivity contribution in [3.05, 3.63) is 12.2 Å². The van der Waals surface area contributed by atoms with E-state index in [4.69, 9.17) is 6.42 Å². The zero-order valence-corrected chi connectivity index (χ0v) is 7.80. The van der Waals surface area contributed by atoms with Crippen LogP contribution in [0.1, 0.15) is 13.3 Å². The van der Waals surface area contributed by atoms with E-state index in [2.05, 4.69) is 10.1 Å². The first kappa shape index (κ1) is 11.2. The maximum atomic E-state index is 10.9. The standard InChI is InChI=1S/C8H12O3S/c1-3-5-6-8-12(9,10)11-7-4-2/h2-3,5H,6-8H2,1H3. The molecule has 12 heavy (non-hydrogen) atoms. The van der Waals surface area contributed by atoms with Crippen molar-refractivity contribution >= 4 is 10.1 Å². The summed E-state index contributed by atoms with van der Waals surface area (Å²) in [6.07, 6.45) is 8.85. The van der Waals surface area contributed by atoms with Crippen LogP contribution < -0.4 is 0 Å². The molecule has 0 fully saturated rings. The molecule has 0 saturated heterocycles. The molecule has 0 saturated carbocycles. The molecular formula is C8H12O3S. The molecule has 0 heterocycles. The summed E-state index contributed by atoms with van der Waals surface area (Å²) in [5, 5.41) is 0. The van der Waals surface area contributed by atoms with Crippen molar-refractivity contribution < 1.29 is 12.6 Å². The lowest BCUT2D eigenvalue weighted by atomic mass is 10.4. The molecule has 0 aliphatic heterocycles. The van der Waals surface area contributed by atoms with Crippen LogP contribution in [0.3, 0.4) is 0 Å². The third-order valence-electron chi connectivity index (χ3n) is 1.09. The van der Waals surface area contributed by atoms with Gasteiger partial charge in [-0.1, -0.05) is 18.1 Å². The van der Waals surface area contributed by atoms with Gasteiger partial charge in [0, 0.05) is 0 Å². The Balaban J connectivity index is 3.82. The Morgan fingerprint density at radius 1 is 1.58 bits per heavy atom. The van der Waals surface area contributed by atoms with E-state index < -0.39 is 10.1 Å². The van der Waals surface area contributed by atoms with E-state index in [1.54, 1.807) is 12.2 Å². The van der Waals surface area contributed by atoms with E-state index in [-0.39, 0.29) is 12.4 Å². The third-order valence-corrected chi connectivity index (χ3v) is 2.30. The molecule has 0 radical (unpaired) electrons. The lowest BCUT2D eigenvalue weighted by Crippen LogP contribution is -2.10. The van der Waals surface area contributed by atoms with E-state index in [0.29, 0.717) is 6.42 Å². The van der Waals surface area contributed by atoms with Crippen LogP contribution >= 0.6 is 0 Å². The second-order valence-corrected chi connectivity index (χ2v) is 3.85. The maximum absolute atomic E-state index is 10.9. The van der Waals surface area contributed by atoms with Gasteiger partial charge in [-0.05, 0) is 13.3 Å². The van der Waals surface area contributed by atoms with Crippen LogP contribution in [0.4, 0.5) is 0 Å². The minimum atomic E-state index is -3.41. The molecule has 0 rings (SSSR count). The Morgan fingerprint density at radius 3 is 2.75 bits per heavy atom. The van der Waals surface area contributed by atoms with E-state index >= 15 is 0 Å². The van der Waals surface area contributed by atoms with Crippen LogP contribution in [0.25, 0.3) is 0 Å². The molecule has 0 unspecified atom stereocenters. The fourth-order valence-corrected chi connectivity index (χ4v) is 1.35. The minimum Gasteiger partial charge on any atom is -0.257 e. The monoisotopic (exact) mass is 188 g/mol. The highest BCUT2D eigenvalue weighted by molar-refractivity contribution is 7.86. The van der Waals surface area contributed by atoms with Crippen molar-refractivity contribution in [3.63, 3.8) is 0 Å². The van der Waals surface area contributed by atoms with Gasteiger partial charge in [0.05, 0.1) is 5.75 Å². The van der Waals surface area contributed by atoms with Crippen LogP contribution in [0.5, 0.6) is 0 Å². The third kappa shape index (κ3) is 5.96. The van der Waals surface area contributed by atoms with Gasteiger partial charge in [0.25, 0.3) is 10.1 Å². The molecule has 0 amide bonds. The van der Waals surface area contributed by atoms with Gasteiger partial charge in [-0.25, -0.2) is 0 Å². The summed E-state index contributed by atoms with van der Waals surface area (Å²) in [4.78, 5) is 0.